The van der Waals surface area contributed by atoms with Crippen molar-refractivity contribution in [3.63, 3.8) is 0 Å². The second-order valence-corrected chi connectivity index (χ2v) is 8.11. The second kappa shape index (κ2) is 7.59. The fourth-order valence-corrected chi connectivity index (χ4v) is 4.16. The number of pyridine rings is 1. The van der Waals surface area contributed by atoms with Crippen molar-refractivity contribution in [2.75, 3.05) is 18.4 Å². The van der Waals surface area contributed by atoms with Gasteiger partial charge in [-0.15, -0.1) is 0 Å². The summed E-state index contributed by atoms with van der Waals surface area (Å²) in [5, 5.41) is 2.94. The third-order valence-corrected chi connectivity index (χ3v) is 5.79. The topological polar surface area (TPSA) is 89.4 Å². The van der Waals surface area contributed by atoms with Crippen LogP contribution in [0.1, 0.15) is 38.2 Å². The Bertz CT molecular complexity index is 915. The van der Waals surface area contributed by atoms with E-state index in [1.165, 1.54) is 0 Å². The van der Waals surface area contributed by atoms with Gasteiger partial charge in [-0.3, -0.25) is 14.6 Å². The quantitative estimate of drug-likeness (QED) is 0.857. The van der Waals surface area contributed by atoms with Gasteiger partial charge in [0.2, 0.25) is 5.91 Å². The van der Waals surface area contributed by atoms with Crippen LogP contribution in [0.25, 0.3) is 0 Å². The zero-order valence-corrected chi connectivity index (χ0v) is 17.1. The smallest absolute Gasteiger partial charge is 0.255 e. The predicted octanol–water partition coefficient (Wildman–Crippen LogP) is 2.10. The van der Waals surface area contributed by atoms with E-state index in [4.69, 9.17) is 4.74 Å². The molecule has 2 aliphatic heterocycles. The number of fused-ring (bicyclic) bond motifs is 2. The van der Waals surface area contributed by atoms with Crippen molar-refractivity contribution in [2.24, 2.45) is 5.92 Å². The summed E-state index contributed by atoms with van der Waals surface area (Å²) in [6.07, 6.45) is 5.94. The molecule has 0 radical (unpaired) electrons. The summed E-state index contributed by atoms with van der Waals surface area (Å²) in [5.41, 5.74) is 0.792. The van der Waals surface area contributed by atoms with Gasteiger partial charge in [-0.25, -0.2) is 4.98 Å². The minimum absolute atomic E-state index is 0.0282. The van der Waals surface area contributed by atoms with Crippen LogP contribution < -0.4 is 5.32 Å². The molecule has 0 saturated carbocycles. The molecule has 2 aromatic heterocycles. The van der Waals surface area contributed by atoms with Crippen LogP contribution in [0.2, 0.25) is 0 Å². The molecule has 8 nitrogen and oxygen atoms in total. The first-order chi connectivity index (χ1) is 13.9. The van der Waals surface area contributed by atoms with E-state index in [0.29, 0.717) is 38.2 Å². The Kier molecular flexibility index (Phi) is 5.12. The highest BCUT2D eigenvalue weighted by Gasteiger charge is 2.47. The zero-order valence-electron chi connectivity index (χ0n) is 17.1. The lowest BCUT2D eigenvalue weighted by atomic mass is 9.88. The number of anilines is 1. The first kappa shape index (κ1) is 19.6. The van der Waals surface area contributed by atoms with Crippen molar-refractivity contribution in [1.82, 2.24) is 19.4 Å². The van der Waals surface area contributed by atoms with E-state index in [9.17, 15) is 9.59 Å². The molecule has 1 saturated heterocycles. The van der Waals surface area contributed by atoms with Crippen LogP contribution in [0.5, 0.6) is 0 Å². The number of carbonyl (C=O) groups is 2. The third-order valence-electron chi connectivity index (χ3n) is 5.79. The lowest BCUT2D eigenvalue weighted by Gasteiger charge is -2.45. The van der Waals surface area contributed by atoms with Gasteiger partial charge in [0.1, 0.15) is 11.4 Å². The van der Waals surface area contributed by atoms with Crippen molar-refractivity contribution < 1.29 is 14.3 Å². The highest BCUT2D eigenvalue weighted by atomic mass is 16.5. The fourth-order valence-electron chi connectivity index (χ4n) is 4.16. The van der Waals surface area contributed by atoms with Gasteiger partial charge in [0.05, 0.1) is 17.9 Å². The molecule has 0 aromatic carbocycles. The van der Waals surface area contributed by atoms with Gasteiger partial charge in [-0.05, 0) is 19.1 Å². The van der Waals surface area contributed by atoms with Crippen LogP contribution in [0, 0.1) is 12.8 Å². The van der Waals surface area contributed by atoms with Crippen molar-refractivity contribution in [2.45, 2.75) is 51.9 Å². The molecule has 2 amide bonds. The molecule has 4 heterocycles. The molecule has 154 valence electrons. The molecule has 2 aromatic rings. The normalized spacial score (nSPS) is 20.6. The second-order valence-electron chi connectivity index (χ2n) is 8.11. The molecule has 0 unspecified atom stereocenters. The number of aromatic nitrogens is 3. The summed E-state index contributed by atoms with van der Waals surface area (Å²) < 4.78 is 8.41. The highest BCUT2D eigenvalue weighted by Crippen LogP contribution is 2.40. The number of rotatable bonds is 3. The SMILES string of the molecule is Cc1ncccc1NC(=O)[C@H]1Cn2ccnc2C2(CCN(C(=O)C(C)C)CC2)O1. The monoisotopic (exact) mass is 397 g/mol. The molecule has 0 aliphatic carbocycles. The average molecular weight is 397 g/mol. The Morgan fingerprint density at radius 3 is 2.69 bits per heavy atom. The van der Waals surface area contributed by atoms with Gasteiger partial charge >= 0.3 is 0 Å². The van der Waals surface area contributed by atoms with Crippen LogP contribution >= 0.6 is 0 Å². The van der Waals surface area contributed by atoms with Gasteiger partial charge in [0.25, 0.3) is 5.91 Å². The van der Waals surface area contributed by atoms with E-state index in [1.54, 1.807) is 18.5 Å². The molecular formula is C21H27N5O3. The van der Waals surface area contributed by atoms with Gasteiger partial charge in [0, 0.05) is 50.4 Å². The van der Waals surface area contributed by atoms with Crippen molar-refractivity contribution in [3.05, 3.63) is 42.2 Å². The standard InChI is InChI=1S/C21H27N5O3/c1-14(2)19(28)25-10-6-21(7-11-25)20-23-9-12-26(20)13-17(29-21)18(27)24-16-5-4-8-22-15(16)3/h4-5,8-9,12,14,17H,6-7,10-11,13H2,1-3H3,(H,24,27)/t17-/m1/s1. The number of carbonyl (C=O) groups excluding carboxylic acids is 2. The Labute approximate surface area is 170 Å². The van der Waals surface area contributed by atoms with E-state index < -0.39 is 11.7 Å². The van der Waals surface area contributed by atoms with E-state index >= 15 is 0 Å². The molecule has 4 rings (SSSR count). The summed E-state index contributed by atoms with van der Waals surface area (Å²) >= 11 is 0. The number of hydrogen-bond donors (Lipinski definition) is 1. The molecule has 0 bridgehead atoms. The summed E-state index contributed by atoms with van der Waals surface area (Å²) in [7, 11) is 0. The first-order valence-electron chi connectivity index (χ1n) is 10.1. The van der Waals surface area contributed by atoms with E-state index in [2.05, 4.69) is 15.3 Å². The summed E-state index contributed by atoms with van der Waals surface area (Å²) in [6, 6.07) is 3.62. The molecule has 8 heteroatoms. The van der Waals surface area contributed by atoms with Crippen LogP contribution in [0.4, 0.5) is 5.69 Å². The Morgan fingerprint density at radius 2 is 2.00 bits per heavy atom. The largest absolute Gasteiger partial charge is 0.352 e. The summed E-state index contributed by atoms with van der Waals surface area (Å²) in [4.78, 5) is 36.0. The molecule has 1 N–H and O–H groups in total. The number of amides is 2. The van der Waals surface area contributed by atoms with Gasteiger partial charge in [-0.1, -0.05) is 13.8 Å². The lowest BCUT2D eigenvalue weighted by Crippen LogP contribution is -2.54. The molecule has 29 heavy (non-hydrogen) atoms. The number of likely N-dealkylation sites (tertiary alicyclic amines) is 1. The minimum atomic E-state index is -0.651. The number of aryl methyl sites for hydroxylation is 1. The molecule has 1 fully saturated rings. The van der Waals surface area contributed by atoms with E-state index in [0.717, 1.165) is 11.5 Å². The Morgan fingerprint density at radius 1 is 1.24 bits per heavy atom. The van der Waals surface area contributed by atoms with Crippen molar-refractivity contribution in [3.8, 4) is 0 Å². The number of ether oxygens (including phenoxy) is 1. The average Bonchev–Trinajstić information content (AvgIpc) is 3.19. The van der Waals surface area contributed by atoms with Crippen LogP contribution in [-0.2, 0) is 26.5 Å². The number of nitrogens with one attached hydrogen (secondary N) is 1. The van der Waals surface area contributed by atoms with Crippen molar-refractivity contribution >= 4 is 17.5 Å². The molecule has 1 spiro atoms. The van der Waals surface area contributed by atoms with Crippen LogP contribution in [0.3, 0.4) is 0 Å². The lowest BCUT2D eigenvalue weighted by molar-refractivity contribution is -0.173. The molecule has 2 aliphatic rings. The minimum Gasteiger partial charge on any atom is -0.352 e. The predicted molar refractivity (Wildman–Crippen MR) is 107 cm³/mol. The number of imidazole rings is 1. The number of piperidine rings is 1. The first-order valence-corrected chi connectivity index (χ1v) is 10.1. The van der Waals surface area contributed by atoms with E-state index in [-0.39, 0.29) is 17.7 Å². The molecule has 1 atom stereocenters. The molecular weight excluding hydrogens is 370 g/mol. The maximum Gasteiger partial charge on any atom is 0.255 e. The fraction of sp³-hybridized carbons (Fsp3) is 0.524. The van der Waals surface area contributed by atoms with Crippen molar-refractivity contribution in [1.29, 1.82) is 0 Å². The Hall–Kier alpha value is -2.74. The van der Waals surface area contributed by atoms with Crippen LogP contribution in [0.15, 0.2) is 30.7 Å². The highest BCUT2D eigenvalue weighted by molar-refractivity contribution is 5.94. The number of hydrogen-bond acceptors (Lipinski definition) is 5. The Balaban J connectivity index is 1.53. The number of nitrogens with zero attached hydrogens (tertiary/aromatic N) is 4. The maximum atomic E-state index is 13.0. The maximum absolute atomic E-state index is 13.0. The summed E-state index contributed by atoms with van der Waals surface area (Å²) in [6.45, 7) is 7.29. The van der Waals surface area contributed by atoms with Gasteiger partial charge in [-0.2, -0.15) is 0 Å². The third kappa shape index (κ3) is 3.64. The summed E-state index contributed by atoms with van der Waals surface area (Å²) in [5.74, 6) is 0.774. The van der Waals surface area contributed by atoms with Gasteiger partial charge in [0.15, 0.2) is 6.10 Å². The van der Waals surface area contributed by atoms with E-state index in [1.807, 2.05) is 42.5 Å². The zero-order chi connectivity index (χ0) is 20.6. The van der Waals surface area contributed by atoms with Crippen LogP contribution in [-0.4, -0.2) is 50.4 Å². The van der Waals surface area contributed by atoms with Gasteiger partial charge < -0.3 is 19.5 Å².